The summed E-state index contributed by atoms with van der Waals surface area (Å²) in [4.78, 5) is 31.8. The Labute approximate surface area is 192 Å². The van der Waals surface area contributed by atoms with Crippen molar-refractivity contribution in [2.75, 3.05) is 31.5 Å². The second-order valence-corrected chi connectivity index (χ2v) is 9.00. The lowest BCUT2D eigenvalue weighted by molar-refractivity contribution is -0.144. The van der Waals surface area contributed by atoms with E-state index in [4.69, 9.17) is 4.52 Å². The fraction of sp³-hybridized carbons (Fsp3) is 0.458. The van der Waals surface area contributed by atoms with Gasteiger partial charge in [-0.2, -0.15) is 0 Å². The van der Waals surface area contributed by atoms with Crippen molar-refractivity contribution in [3.8, 4) is 0 Å². The van der Waals surface area contributed by atoms with Crippen LogP contribution in [-0.2, 0) is 16.1 Å². The first-order valence-electron chi connectivity index (χ1n) is 11.3. The maximum Gasteiger partial charge on any atom is 0.325 e. The van der Waals surface area contributed by atoms with Crippen molar-refractivity contribution >= 4 is 28.5 Å². The van der Waals surface area contributed by atoms with Crippen molar-refractivity contribution in [1.82, 2.24) is 19.9 Å². The molecule has 9 heteroatoms. The number of nitrogens with zero attached hydrogens (tertiary/aromatic N) is 3. The van der Waals surface area contributed by atoms with Gasteiger partial charge in [-0.3, -0.25) is 19.4 Å². The van der Waals surface area contributed by atoms with Gasteiger partial charge in [-0.05, 0) is 26.0 Å². The van der Waals surface area contributed by atoms with Crippen LogP contribution >= 0.6 is 0 Å². The number of carbonyl (C=O) groups is 2. The van der Waals surface area contributed by atoms with E-state index in [9.17, 15) is 14.7 Å². The largest absolute Gasteiger partial charge is 0.480 e. The van der Waals surface area contributed by atoms with Crippen LogP contribution in [0.15, 0.2) is 28.9 Å². The number of rotatable bonds is 7. The van der Waals surface area contributed by atoms with Crippen LogP contribution in [0.5, 0.6) is 0 Å². The number of aromatic amines is 1. The zero-order chi connectivity index (χ0) is 23.7. The number of amides is 1. The number of benzene rings is 1. The smallest absolute Gasteiger partial charge is 0.325 e. The normalized spacial score (nSPS) is 16.4. The molecule has 1 aliphatic heterocycles. The molecule has 0 bridgehead atoms. The van der Waals surface area contributed by atoms with Gasteiger partial charge in [-0.25, -0.2) is 0 Å². The van der Waals surface area contributed by atoms with Gasteiger partial charge in [0, 0.05) is 72.6 Å². The molecule has 33 heavy (non-hydrogen) atoms. The van der Waals surface area contributed by atoms with Crippen molar-refractivity contribution in [2.24, 2.45) is 5.92 Å². The van der Waals surface area contributed by atoms with E-state index < -0.39 is 12.0 Å². The SMILES string of the molecule is Cc1noc(C)c1CN1CCN([C@H](C(=O)O)c2c[nH]c3cc(NC(=O)C(C)C)ccc23)CC1. The number of aryl methyl sites for hydroxylation is 2. The fourth-order valence-corrected chi connectivity index (χ4v) is 4.36. The molecular weight excluding hydrogens is 422 g/mol. The number of fused-ring (bicyclic) bond motifs is 1. The number of aromatic nitrogens is 2. The molecule has 1 aliphatic rings. The Hall–Kier alpha value is -3.17. The van der Waals surface area contributed by atoms with E-state index in [2.05, 4.69) is 20.4 Å². The van der Waals surface area contributed by atoms with Crippen LogP contribution in [0.25, 0.3) is 10.9 Å². The predicted molar refractivity (Wildman–Crippen MR) is 125 cm³/mol. The highest BCUT2D eigenvalue weighted by atomic mass is 16.5. The molecule has 0 saturated carbocycles. The van der Waals surface area contributed by atoms with E-state index in [0.29, 0.717) is 18.8 Å². The maximum absolute atomic E-state index is 12.3. The number of aliphatic carboxylic acids is 1. The number of anilines is 1. The zero-order valence-electron chi connectivity index (χ0n) is 19.5. The predicted octanol–water partition coefficient (Wildman–Crippen LogP) is 3.31. The lowest BCUT2D eigenvalue weighted by atomic mass is 10.0. The van der Waals surface area contributed by atoms with Crippen LogP contribution in [0, 0.1) is 19.8 Å². The summed E-state index contributed by atoms with van der Waals surface area (Å²) in [5, 5.41) is 17.9. The molecule has 1 fully saturated rings. The lowest BCUT2D eigenvalue weighted by Gasteiger charge is -2.37. The quantitative estimate of drug-likeness (QED) is 0.503. The number of hydrogen-bond acceptors (Lipinski definition) is 6. The highest BCUT2D eigenvalue weighted by molar-refractivity contribution is 5.96. The van der Waals surface area contributed by atoms with E-state index in [0.717, 1.165) is 53.1 Å². The first-order chi connectivity index (χ1) is 15.7. The Kier molecular flexibility index (Phi) is 6.53. The summed E-state index contributed by atoms with van der Waals surface area (Å²) in [6.07, 6.45) is 1.77. The summed E-state index contributed by atoms with van der Waals surface area (Å²) >= 11 is 0. The summed E-state index contributed by atoms with van der Waals surface area (Å²) in [6.45, 7) is 11.1. The molecule has 0 aliphatic carbocycles. The number of carboxylic acids is 1. The molecule has 176 valence electrons. The molecule has 0 spiro atoms. The molecule has 1 amide bonds. The summed E-state index contributed by atoms with van der Waals surface area (Å²) in [6, 6.07) is 4.80. The Morgan fingerprint density at radius 2 is 1.94 bits per heavy atom. The van der Waals surface area contributed by atoms with E-state index >= 15 is 0 Å². The Morgan fingerprint density at radius 1 is 1.21 bits per heavy atom. The third-order valence-corrected chi connectivity index (χ3v) is 6.37. The highest BCUT2D eigenvalue weighted by Gasteiger charge is 2.32. The number of hydrogen-bond donors (Lipinski definition) is 3. The lowest BCUT2D eigenvalue weighted by Crippen LogP contribution is -2.48. The standard InChI is InChI=1S/C24H31N5O4/c1-14(2)23(30)26-17-5-6-18-19(12-25-21(18)11-17)22(24(31)32)29-9-7-28(8-10-29)13-20-15(3)27-33-16(20)4/h5-6,11-12,14,22,25H,7-10,13H2,1-4H3,(H,26,30)(H,31,32)/t22-/m0/s1. The molecule has 3 heterocycles. The van der Waals surface area contributed by atoms with Crippen LogP contribution in [0.2, 0.25) is 0 Å². The molecule has 3 N–H and O–H groups in total. The second-order valence-electron chi connectivity index (χ2n) is 9.00. The minimum absolute atomic E-state index is 0.0565. The number of carboxylic acid groups (broad SMARTS) is 1. The minimum atomic E-state index is -0.868. The number of H-pyrrole nitrogens is 1. The van der Waals surface area contributed by atoms with Gasteiger partial charge < -0.3 is 19.9 Å². The average molecular weight is 454 g/mol. The molecule has 2 aromatic heterocycles. The van der Waals surface area contributed by atoms with Crippen molar-refractivity contribution in [1.29, 1.82) is 0 Å². The molecule has 1 saturated heterocycles. The van der Waals surface area contributed by atoms with Gasteiger partial charge in [0.2, 0.25) is 5.91 Å². The van der Waals surface area contributed by atoms with Crippen LogP contribution in [-0.4, -0.2) is 63.1 Å². The molecule has 1 aromatic carbocycles. The second kappa shape index (κ2) is 9.36. The van der Waals surface area contributed by atoms with Crippen LogP contribution in [0.1, 0.15) is 42.5 Å². The molecule has 9 nitrogen and oxygen atoms in total. The van der Waals surface area contributed by atoms with Gasteiger partial charge in [0.25, 0.3) is 0 Å². The first-order valence-corrected chi connectivity index (χ1v) is 11.3. The third kappa shape index (κ3) is 4.79. The van der Waals surface area contributed by atoms with E-state index in [1.807, 2.05) is 50.8 Å². The molecule has 0 radical (unpaired) electrons. The van der Waals surface area contributed by atoms with Gasteiger partial charge in [0.15, 0.2) is 0 Å². The van der Waals surface area contributed by atoms with E-state index in [-0.39, 0.29) is 11.8 Å². The number of nitrogens with one attached hydrogen (secondary N) is 2. The number of carbonyl (C=O) groups excluding carboxylic acids is 1. The van der Waals surface area contributed by atoms with Gasteiger partial charge >= 0.3 is 5.97 Å². The fourth-order valence-electron chi connectivity index (χ4n) is 4.36. The molecule has 0 unspecified atom stereocenters. The molecule has 4 rings (SSSR count). The van der Waals surface area contributed by atoms with Gasteiger partial charge in [0.1, 0.15) is 11.8 Å². The topological polar surface area (TPSA) is 115 Å². The molecular formula is C24H31N5O4. The molecule has 1 atom stereocenters. The zero-order valence-corrected chi connectivity index (χ0v) is 19.5. The monoisotopic (exact) mass is 453 g/mol. The Morgan fingerprint density at radius 3 is 2.55 bits per heavy atom. The number of piperazine rings is 1. The van der Waals surface area contributed by atoms with Crippen LogP contribution in [0.4, 0.5) is 5.69 Å². The average Bonchev–Trinajstić information content (AvgIpc) is 3.32. The maximum atomic E-state index is 12.3. The van der Waals surface area contributed by atoms with Gasteiger partial charge in [0.05, 0.1) is 5.69 Å². The Bertz CT molecular complexity index is 1140. The Balaban J connectivity index is 1.49. The van der Waals surface area contributed by atoms with E-state index in [1.54, 1.807) is 6.20 Å². The van der Waals surface area contributed by atoms with Crippen LogP contribution in [0.3, 0.4) is 0 Å². The van der Waals surface area contributed by atoms with Gasteiger partial charge in [-0.15, -0.1) is 0 Å². The van der Waals surface area contributed by atoms with Crippen molar-refractivity contribution in [3.63, 3.8) is 0 Å². The van der Waals surface area contributed by atoms with Crippen LogP contribution < -0.4 is 5.32 Å². The summed E-state index contributed by atoms with van der Waals surface area (Å²) < 4.78 is 5.27. The summed E-state index contributed by atoms with van der Waals surface area (Å²) in [7, 11) is 0. The van der Waals surface area contributed by atoms with Crippen molar-refractivity contribution in [2.45, 2.75) is 40.3 Å². The highest BCUT2D eigenvalue weighted by Crippen LogP contribution is 2.31. The van der Waals surface area contributed by atoms with E-state index in [1.165, 1.54) is 0 Å². The van der Waals surface area contributed by atoms with Crippen molar-refractivity contribution < 1.29 is 19.2 Å². The molecule has 3 aromatic rings. The summed E-state index contributed by atoms with van der Waals surface area (Å²) in [5.74, 6) is -0.208. The minimum Gasteiger partial charge on any atom is -0.480 e. The summed E-state index contributed by atoms with van der Waals surface area (Å²) in [5.41, 5.74) is 4.24. The van der Waals surface area contributed by atoms with Crippen molar-refractivity contribution in [3.05, 3.63) is 47.0 Å². The third-order valence-electron chi connectivity index (χ3n) is 6.37. The first kappa shape index (κ1) is 23.0. The van der Waals surface area contributed by atoms with Gasteiger partial charge in [-0.1, -0.05) is 25.1 Å².